The van der Waals surface area contributed by atoms with Crippen LogP contribution in [0, 0.1) is 0 Å². The van der Waals surface area contributed by atoms with Crippen molar-refractivity contribution in [1.82, 2.24) is 24.6 Å². The molecule has 0 unspecified atom stereocenters. The van der Waals surface area contributed by atoms with Gasteiger partial charge in [0.1, 0.15) is 17.6 Å². The summed E-state index contributed by atoms with van der Waals surface area (Å²) >= 11 is 1.33. The Kier molecular flexibility index (Phi) is 10.4. The van der Waals surface area contributed by atoms with Crippen molar-refractivity contribution >= 4 is 52.0 Å². The maximum Gasteiger partial charge on any atom is 0.407 e. The van der Waals surface area contributed by atoms with E-state index in [-0.39, 0.29) is 34.6 Å². The maximum absolute atomic E-state index is 13.6. The highest BCUT2D eigenvalue weighted by atomic mass is 32.1. The number of rotatable bonds is 10. The molecule has 3 N–H and O–H groups in total. The average Bonchev–Trinajstić information content (AvgIpc) is 3.43. The van der Waals surface area contributed by atoms with Gasteiger partial charge in [0.25, 0.3) is 11.5 Å². The van der Waals surface area contributed by atoms with Gasteiger partial charge in [-0.15, -0.1) is 11.3 Å². The number of pyridine rings is 1. The molecule has 0 aliphatic carbocycles. The van der Waals surface area contributed by atoms with Crippen molar-refractivity contribution in [1.29, 1.82) is 0 Å². The quantitative estimate of drug-likeness (QED) is 0.225. The molecule has 236 valence electrons. The molecule has 13 nitrogen and oxygen atoms in total. The first-order valence-corrected chi connectivity index (χ1v) is 15.3. The number of nitrogens with one attached hydrogen (secondary N) is 2. The highest BCUT2D eigenvalue weighted by Crippen LogP contribution is 2.27. The van der Waals surface area contributed by atoms with Crippen molar-refractivity contribution in [3.63, 3.8) is 0 Å². The van der Waals surface area contributed by atoms with E-state index in [0.717, 1.165) is 24.7 Å². The smallest absolute Gasteiger partial charge is 0.407 e. The number of fused-ring (bicyclic) bond motifs is 1. The van der Waals surface area contributed by atoms with Crippen LogP contribution < -0.4 is 21.1 Å². The number of ether oxygens (including phenoxy) is 1. The monoisotopic (exact) mass is 625 g/mol. The maximum atomic E-state index is 13.6. The number of carboxylic acid groups (broad SMARTS) is 1. The summed E-state index contributed by atoms with van der Waals surface area (Å²) in [4.78, 5) is 63.5. The van der Waals surface area contributed by atoms with Gasteiger partial charge in [-0.1, -0.05) is 20.8 Å². The van der Waals surface area contributed by atoms with Crippen LogP contribution in [0.3, 0.4) is 0 Å². The van der Waals surface area contributed by atoms with E-state index in [1.807, 2.05) is 50.0 Å². The Labute approximate surface area is 259 Å². The second-order valence-electron chi connectivity index (χ2n) is 11.9. The van der Waals surface area contributed by atoms with Crippen molar-refractivity contribution in [2.45, 2.75) is 51.6 Å². The molecular formula is C30H39N7O6S. The number of aliphatic carboxylic acids is 1. The Morgan fingerprint density at radius 3 is 2.70 bits per heavy atom. The first-order valence-electron chi connectivity index (χ1n) is 14.4. The summed E-state index contributed by atoms with van der Waals surface area (Å²) in [6.07, 6.45) is 4.64. The lowest BCUT2D eigenvalue weighted by Gasteiger charge is -2.34. The molecule has 2 amide bonds. The number of alkyl carbamates (subject to hydrolysis) is 1. The molecule has 0 bridgehead atoms. The van der Waals surface area contributed by atoms with Crippen molar-refractivity contribution in [2.24, 2.45) is 0 Å². The zero-order chi connectivity index (χ0) is 32.0. The van der Waals surface area contributed by atoms with Crippen LogP contribution in [0.4, 0.5) is 15.7 Å². The van der Waals surface area contributed by atoms with Crippen LogP contribution in [0.15, 0.2) is 34.6 Å². The second-order valence-corrected chi connectivity index (χ2v) is 12.8. The summed E-state index contributed by atoms with van der Waals surface area (Å²) in [5.41, 5.74) is 0.766. The van der Waals surface area contributed by atoms with E-state index in [4.69, 9.17) is 9.72 Å². The van der Waals surface area contributed by atoms with Crippen LogP contribution in [0.25, 0.3) is 11.7 Å². The predicted octanol–water partition coefficient (Wildman–Crippen LogP) is 3.45. The van der Waals surface area contributed by atoms with Gasteiger partial charge >= 0.3 is 12.1 Å². The Balaban J connectivity index is 1.59. The Morgan fingerprint density at radius 1 is 1.25 bits per heavy atom. The van der Waals surface area contributed by atoms with Gasteiger partial charge in [-0.05, 0) is 58.1 Å². The molecule has 1 saturated heterocycles. The highest BCUT2D eigenvalue weighted by Gasteiger charge is 2.27. The molecule has 1 aliphatic rings. The molecular weight excluding hydrogens is 586 g/mol. The normalized spacial score (nSPS) is 15.6. The molecule has 44 heavy (non-hydrogen) atoms. The van der Waals surface area contributed by atoms with Gasteiger partial charge < -0.3 is 25.0 Å². The topological polar surface area (TPSA) is 158 Å². The number of hydrogen-bond donors (Lipinski definition) is 3. The minimum atomic E-state index is -1.21. The van der Waals surface area contributed by atoms with Crippen molar-refractivity contribution in [3.8, 4) is 0 Å². The Bertz CT molecular complexity index is 1610. The summed E-state index contributed by atoms with van der Waals surface area (Å²) in [7, 11) is 3.92. The van der Waals surface area contributed by atoms with Gasteiger partial charge in [0, 0.05) is 41.7 Å². The van der Waals surface area contributed by atoms with Crippen LogP contribution in [-0.4, -0.2) is 88.7 Å². The first-order chi connectivity index (χ1) is 20.8. The van der Waals surface area contributed by atoms with Crippen LogP contribution in [0.1, 0.15) is 61.6 Å². The average molecular weight is 626 g/mol. The highest BCUT2D eigenvalue weighted by molar-refractivity contribution is 7.14. The van der Waals surface area contributed by atoms with Crippen molar-refractivity contribution < 1.29 is 24.2 Å². The summed E-state index contributed by atoms with van der Waals surface area (Å²) < 4.78 is 6.92. The molecule has 4 heterocycles. The van der Waals surface area contributed by atoms with Gasteiger partial charge in [0.05, 0.1) is 17.8 Å². The standard InChI is InChI=1S/C30H39N7O6S/c1-30(2,3)22-18-44-28(32-22)34-26(40)19-11-15-37-23(16-19)33-25(21(27(37)41)9-10-24(38)39)36-14-6-8-20(17-36)43-29(42)31-12-7-13-35(4)5/h9-11,15-16,18,20H,6-8,12-14,17H2,1-5H3,(H,31,42)(H,38,39)(H,32,34,40)/b10-9+/t20-/m1/s1. The summed E-state index contributed by atoms with van der Waals surface area (Å²) in [5, 5.41) is 17.2. The summed E-state index contributed by atoms with van der Waals surface area (Å²) in [5.74, 6) is -1.37. The molecule has 14 heteroatoms. The lowest BCUT2D eigenvalue weighted by atomic mass is 9.93. The number of amides is 2. The largest absolute Gasteiger partial charge is 0.478 e. The Hall–Kier alpha value is -4.30. The number of carbonyl (C=O) groups excluding carboxylic acids is 2. The molecule has 1 aliphatic heterocycles. The first kappa shape index (κ1) is 32.6. The number of aromatic nitrogens is 3. The SMILES string of the molecule is CN(C)CCCNC(=O)O[C@@H]1CCCN(c2nc3cc(C(=O)Nc4nc(C(C)(C)C)cs4)ccn3c(=O)c2/C=C/C(=O)O)C1. The fraction of sp³-hybridized carbons (Fsp3) is 0.467. The number of thiazole rings is 1. The molecule has 4 rings (SSSR count). The Morgan fingerprint density at radius 2 is 2.02 bits per heavy atom. The van der Waals surface area contributed by atoms with Crippen LogP contribution in [-0.2, 0) is 14.9 Å². The van der Waals surface area contributed by atoms with E-state index in [9.17, 15) is 24.3 Å². The van der Waals surface area contributed by atoms with Crippen LogP contribution >= 0.6 is 11.3 Å². The molecule has 3 aromatic heterocycles. The van der Waals surface area contributed by atoms with Gasteiger partial charge in [-0.25, -0.2) is 19.6 Å². The van der Waals surface area contributed by atoms with E-state index in [1.54, 1.807) is 0 Å². The zero-order valence-electron chi connectivity index (χ0n) is 25.6. The lowest BCUT2D eigenvalue weighted by molar-refractivity contribution is -0.131. The van der Waals surface area contributed by atoms with Gasteiger partial charge in [-0.2, -0.15) is 0 Å². The summed E-state index contributed by atoms with van der Waals surface area (Å²) in [6.45, 7) is 8.21. The van der Waals surface area contributed by atoms with Gasteiger partial charge in [0.2, 0.25) is 0 Å². The van der Waals surface area contributed by atoms with E-state index in [2.05, 4.69) is 15.6 Å². The van der Waals surface area contributed by atoms with E-state index in [1.165, 1.54) is 40.1 Å². The predicted molar refractivity (Wildman–Crippen MR) is 170 cm³/mol. The summed E-state index contributed by atoms with van der Waals surface area (Å²) in [6, 6.07) is 3.00. The number of carboxylic acids is 1. The zero-order valence-corrected chi connectivity index (χ0v) is 26.4. The molecule has 0 radical (unpaired) electrons. The fourth-order valence-corrected chi connectivity index (χ4v) is 5.61. The van der Waals surface area contributed by atoms with Crippen LogP contribution in [0.2, 0.25) is 0 Å². The molecule has 0 saturated carbocycles. The van der Waals surface area contributed by atoms with Crippen molar-refractivity contribution in [3.05, 3.63) is 57.0 Å². The van der Waals surface area contributed by atoms with E-state index in [0.29, 0.717) is 31.1 Å². The van der Waals surface area contributed by atoms with Crippen LogP contribution in [0.5, 0.6) is 0 Å². The molecule has 1 fully saturated rings. The fourth-order valence-electron chi connectivity index (χ4n) is 4.67. The number of hydrogen-bond acceptors (Lipinski definition) is 10. The number of nitrogens with zero attached hydrogens (tertiary/aromatic N) is 5. The van der Waals surface area contributed by atoms with Gasteiger partial charge in [0.15, 0.2) is 5.13 Å². The minimum Gasteiger partial charge on any atom is -0.478 e. The second kappa shape index (κ2) is 14.0. The third-order valence-corrected chi connectivity index (χ3v) is 7.75. The molecule has 1 atom stereocenters. The number of carbonyl (C=O) groups is 3. The van der Waals surface area contributed by atoms with E-state index >= 15 is 0 Å². The van der Waals surface area contributed by atoms with E-state index < -0.39 is 29.6 Å². The number of piperidine rings is 1. The third-order valence-electron chi connectivity index (χ3n) is 7.00. The van der Waals surface area contributed by atoms with Crippen molar-refractivity contribution in [2.75, 3.05) is 50.5 Å². The molecule has 0 spiro atoms. The minimum absolute atomic E-state index is 0.0772. The third kappa shape index (κ3) is 8.41. The number of anilines is 2. The van der Waals surface area contributed by atoms with Gasteiger partial charge in [-0.3, -0.25) is 19.3 Å². The molecule has 3 aromatic rings. The molecule has 0 aromatic carbocycles. The lowest BCUT2D eigenvalue weighted by Crippen LogP contribution is -2.43.